The van der Waals surface area contributed by atoms with Crippen LogP contribution in [-0.4, -0.2) is 84.0 Å². The predicted octanol–water partition coefficient (Wildman–Crippen LogP) is 3.22. The van der Waals surface area contributed by atoms with Gasteiger partial charge < -0.3 is 34.3 Å². The Morgan fingerprint density at radius 3 is 2.03 bits per heavy atom. The Kier molecular flexibility index (Phi) is 17.5. The summed E-state index contributed by atoms with van der Waals surface area (Å²) in [5, 5.41) is 5.61. The van der Waals surface area contributed by atoms with E-state index in [1.807, 2.05) is 0 Å². The fourth-order valence-electron chi connectivity index (χ4n) is 3.04. The van der Waals surface area contributed by atoms with Gasteiger partial charge in [-0.25, -0.2) is 4.79 Å². The Morgan fingerprint density at radius 1 is 0.794 bits per heavy atom. The first-order valence-corrected chi connectivity index (χ1v) is 12.5. The van der Waals surface area contributed by atoms with Crippen LogP contribution in [0.25, 0.3) is 0 Å². The number of ether oxygens (including phenoxy) is 5. The van der Waals surface area contributed by atoms with E-state index in [2.05, 4.69) is 43.6 Å². The van der Waals surface area contributed by atoms with E-state index in [1.165, 1.54) is 0 Å². The lowest BCUT2D eigenvalue weighted by Crippen LogP contribution is -2.32. The molecule has 1 unspecified atom stereocenters. The van der Waals surface area contributed by atoms with Gasteiger partial charge in [0, 0.05) is 19.5 Å². The van der Waals surface area contributed by atoms with Gasteiger partial charge in [0.05, 0.1) is 52.9 Å². The lowest BCUT2D eigenvalue weighted by molar-refractivity contribution is -0.122. The van der Waals surface area contributed by atoms with Gasteiger partial charge in [0.25, 0.3) is 0 Å². The molecule has 0 saturated heterocycles. The van der Waals surface area contributed by atoms with Crippen molar-refractivity contribution in [1.82, 2.24) is 10.6 Å². The standard InChI is InChI=1S/C25H46N2O7/c1-25(2,3)21-27-23(28)11-13-30-15-17-32-19-20-33-18-16-31-14-12-26-24(29)34-22-9-7-5-4-6-8-10-22/h4-5,22H,6-21H2,1-3H3,(H,26,29)(H,27,28)/b5-4+. The molecule has 1 aliphatic carbocycles. The van der Waals surface area contributed by atoms with Crippen LogP contribution in [0.4, 0.5) is 4.79 Å². The Bertz CT molecular complexity index is 564. The molecule has 0 heterocycles. The Morgan fingerprint density at radius 2 is 1.38 bits per heavy atom. The van der Waals surface area contributed by atoms with E-state index in [9.17, 15) is 9.59 Å². The highest BCUT2D eigenvalue weighted by molar-refractivity contribution is 5.75. The van der Waals surface area contributed by atoms with E-state index in [-0.39, 0.29) is 23.5 Å². The van der Waals surface area contributed by atoms with Crippen LogP contribution in [-0.2, 0) is 28.5 Å². The molecular formula is C25H46N2O7. The van der Waals surface area contributed by atoms with Crippen LogP contribution in [0.2, 0.25) is 0 Å². The summed E-state index contributed by atoms with van der Waals surface area (Å²) in [6.45, 7) is 10.9. The van der Waals surface area contributed by atoms with E-state index < -0.39 is 0 Å². The van der Waals surface area contributed by atoms with E-state index >= 15 is 0 Å². The maximum atomic E-state index is 11.8. The molecule has 0 aromatic rings. The molecule has 0 aromatic carbocycles. The Balaban J connectivity index is 1.79. The number of carbonyl (C=O) groups is 2. The zero-order valence-corrected chi connectivity index (χ0v) is 21.4. The quantitative estimate of drug-likeness (QED) is 0.240. The number of alkyl carbamates (subject to hydrolysis) is 1. The van der Waals surface area contributed by atoms with Crippen LogP contribution >= 0.6 is 0 Å². The molecule has 2 amide bonds. The average molecular weight is 487 g/mol. The van der Waals surface area contributed by atoms with Gasteiger partial charge in [-0.1, -0.05) is 32.9 Å². The van der Waals surface area contributed by atoms with Crippen LogP contribution in [0.1, 0.15) is 59.3 Å². The molecular weight excluding hydrogens is 440 g/mol. The van der Waals surface area contributed by atoms with Crippen molar-refractivity contribution >= 4 is 12.0 Å². The molecule has 34 heavy (non-hydrogen) atoms. The molecule has 0 aliphatic heterocycles. The van der Waals surface area contributed by atoms with Crippen LogP contribution < -0.4 is 10.6 Å². The average Bonchev–Trinajstić information content (AvgIpc) is 2.76. The van der Waals surface area contributed by atoms with Crippen molar-refractivity contribution in [2.45, 2.75) is 65.4 Å². The SMILES string of the molecule is CC(C)(C)CNC(=O)CCOCCOCCOCCOCCNC(=O)OC1CC/C=C/CCC1. The van der Waals surface area contributed by atoms with E-state index in [1.54, 1.807) is 0 Å². The molecule has 1 atom stereocenters. The van der Waals surface area contributed by atoms with E-state index in [0.717, 1.165) is 32.1 Å². The summed E-state index contributed by atoms with van der Waals surface area (Å²) in [6.07, 6.45) is 9.18. The van der Waals surface area contributed by atoms with Gasteiger partial charge in [0.2, 0.25) is 5.91 Å². The molecule has 0 bridgehead atoms. The maximum Gasteiger partial charge on any atom is 0.407 e. The second kappa shape index (κ2) is 19.6. The van der Waals surface area contributed by atoms with Crippen LogP contribution in [0.3, 0.4) is 0 Å². The molecule has 0 radical (unpaired) electrons. The van der Waals surface area contributed by atoms with Crippen LogP contribution in [0, 0.1) is 5.41 Å². The van der Waals surface area contributed by atoms with Gasteiger partial charge in [-0.3, -0.25) is 4.79 Å². The number of carbonyl (C=O) groups excluding carboxylic acids is 2. The zero-order chi connectivity index (χ0) is 24.9. The number of amides is 2. The molecule has 1 rings (SSSR count). The third kappa shape index (κ3) is 19.8. The van der Waals surface area contributed by atoms with Crippen molar-refractivity contribution in [3.8, 4) is 0 Å². The van der Waals surface area contributed by atoms with Crippen molar-refractivity contribution in [2.75, 3.05) is 65.9 Å². The highest BCUT2D eigenvalue weighted by atomic mass is 16.6. The first-order chi connectivity index (χ1) is 16.4. The summed E-state index contributed by atoms with van der Waals surface area (Å²) in [6, 6.07) is 0. The van der Waals surface area contributed by atoms with Gasteiger partial charge in [0.15, 0.2) is 0 Å². The van der Waals surface area contributed by atoms with E-state index in [0.29, 0.717) is 72.4 Å². The van der Waals surface area contributed by atoms with Crippen molar-refractivity contribution in [1.29, 1.82) is 0 Å². The minimum absolute atomic E-state index is 0.00191. The van der Waals surface area contributed by atoms with Gasteiger partial charge >= 0.3 is 6.09 Å². The highest BCUT2D eigenvalue weighted by Gasteiger charge is 2.14. The third-order valence-corrected chi connectivity index (χ3v) is 4.91. The van der Waals surface area contributed by atoms with Gasteiger partial charge in [-0.15, -0.1) is 0 Å². The number of hydrogen-bond acceptors (Lipinski definition) is 7. The fraction of sp³-hybridized carbons (Fsp3) is 0.840. The minimum Gasteiger partial charge on any atom is -0.446 e. The maximum absolute atomic E-state index is 11.8. The predicted molar refractivity (Wildman–Crippen MR) is 131 cm³/mol. The fourth-order valence-corrected chi connectivity index (χ4v) is 3.04. The second-order valence-electron chi connectivity index (χ2n) is 9.47. The number of hydrogen-bond donors (Lipinski definition) is 2. The summed E-state index contributed by atoms with van der Waals surface area (Å²) in [4.78, 5) is 23.5. The Hall–Kier alpha value is -1.68. The number of nitrogens with one attached hydrogen (secondary N) is 2. The molecule has 0 saturated carbocycles. The molecule has 0 fully saturated rings. The third-order valence-electron chi connectivity index (χ3n) is 4.91. The van der Waals surface area contributed by atoms with E-state index in [4.69, 9.17) is 23.7 Å². The molecule has 0 spiro atoms. The molecule has 9 heteroatoms. The summed E-state index contributed by atoms with van der Waals surface area (Å²) in [5.74, 6) is 0.00481. The van der Waals surface area contributed by atoms with Crippen molar-refractivity contribution in [3.63, 3.8) is 0 Å². The summed E-state index contributed by atoms with van der Waals surface area (Å²) in [5.41, 5.74) is 0.0804. The molecule has 2 N–H and O–H groups in total. The number of rotatable bonds is 17. The Labute approximate surface area is 205 Å². The van der Waals surface area contributed by atoms with Crippen molar-refractivity contribution < 1.29 is 33.3 Å². The van der Waals surface area contributed by atoms with Gasteiger partial charge in [0.1, 0.15) is 6.10 Å². The highest BCUT2D eigenvalue weighted by Crippen LogP contribution is 2.15. The van der Waals surface area contributed by atoms with Crippen LogP contribution in [0.15, 0.2) is 12.2 Å². The molecule has 0 aromatic heterocycles. The zero-order valence-electron chi connectivity index (χ0n) is 21.4. The normalized spacial score (nSPS) is 17.4. The first kappa shape index (κ1) is 30.4. The minimum atomic E-state index is -0.376. The largest absolute Gasteiger partial charge is 0.446 e. The number of allylic oxidation sites excluding steroid dienone is 2. The van der Waals surface area contributed by atoms with Gasteiger partial charge in [-0.2, -0.15) is 0 Å². The second-order valence-corrected chi connectivity index (χ2v) is 9.47. The first-order valence-electron chi connectivity index (χ1n) is 12.5. The topological polar surface area (TPSA) is 104 Å². The molecule has 9 nitrogen and oxygen atoms in total. The lowest BCUT2D eigenvalue weighted by atomic mass is 9.97. The molecule has 1 aliphatic rings. The summed E-state index contributed by atoms with van der Waals surface area (Å²) in [7, 11) is 0. The van der Waals surface area contributed by atoms with Crippen molar-refractivity contribution in [3.05, 3.63) is 12.2 Å². The van der Waals surface area contributed by atoms with Gasteiger partial charge in [-0.05, 0) is 37.5 Å². The summed E-state index contributed by atoms with van der Waals surface area (Å²) < 4.78 is 27.2. The summed E-state index contributed by atoms with van der Waals surface area (Å²) >= 11 is 0. The molecule has 198 valence electrons. The lowest BCUT2D eigenvalue weighted by Gasteiger charge is -2.18. The van der Waals surface area contributed by atoms with Crippen LogP contribution in [0.5, 0.6) is 0 Å². The monoisotopic (exact) mass is 486 g/mol. The van der Waals surface area contributed by atoms with Crippen molar-refractivity contribution in [2.24, 2.45) is 5.41 Å². The smallest absolute Gasteiger partial charge is 0.407 e.